The summed E-state index contributed by atoms with van der Waals surface area (Å²) in [5.41, 5.74) is 0.817. The highest BCUT2D eigenvalue weighted by Crippen LogP contribution is 2.31. The molecule has 0 bridgehead atoms. The van der Waals surface area contributed by atoms with E-state index in [2.05, 4.69) is 4.98 Å². The van der Waals surface area contributed by atoms with E-state index in [-0.39, 0.29) is 16.4 Å². The fourth-order valence-corrected chi connectivity index (χ4v) is 3.25. The molecule has 16 heavy (non-hydrogen) atoms. The molecule has 0 saturated heterocycles. The second kappa shape index (κ2) is 2.82. The number of H-pyrrole nitrogens is 1. The summed E-state index contributed by atoms with van der Waals surface area (Å²) in [6, 6.07) is 6.97. The third kappa shape index (κ3) is 1.09. The Balaban J connectivity index is 2.56. The van der Waals surface area contributed by atoms with E-state index in [0.717, 1.165) is 11.5 Å². The monoisotopic (exact) mass is 233 g/mol. The van der Waals surface area contributed by atoms with E-state index < -0.39 is 9.84 Å². The molecule has 0 amide bonds. The van der Waals surface area contributed by atoms with Gasteiger partial charge in [-0.3, -0.25) is 4.79 Å². The van der Waals surface area contributed by atoms with Crippen molar-refractivity contribution < 1.29 is 13.2 Å². The predicted molar refractivity (Wildman–Crippen MR) is 59.0 cm³/mol. The van der Waals surface area contributed by atoms with Crippen molar-refractivity contribution in [3.05, 3.63) is 41.4 Å². The molecule has 5 heteroatoms. The Bertz CT molecular complexity index is 738. The Morgan fingerprint density at radius 3 is 2.69 bits per heavy atom. The first-order valence-corrected chi connectivity index (χ1v) is 6.22. The van der Waals surface area contributed by atoms with Crippen LogP contribution in [-0.2, 0) is 9.84 Å². The number of rotatable bonds is 0. The van der Waals surface area contributed by atoms with Crippen LogP contribution in [-0.4, -0.2) is 19.2 Å². The molecule has 1 N–H and O–H groups in total. The van der Waals surface area contributed by atoms with Gasteiger partial charge in [0, 0.05) is 16.3 Å². The van der Waals surface area contributed by atoms with Crippen LogP contribution in [0, 0.1) is 0 Å². The molecule has 2 heterocycles. The number of para-hydroxylation sites is 1. The smallest absolute Gasteiger partial charge is 0.204 e. The second-order valence-corrected chi connectivity index (χ2v) is 5.36. The topological polar surface area (TPSA) is 67.0 Å². The Labute approximate surface area is 91.5 Å². The minimum atomic E-state index is -3.49. The lowest BCUT2D eigenvalue weighted by Crippen LogP contribution is -2.10. The quantitative estimate of drug-likeness (QED) is 0.752. The van der Waals surface area contributed by atoms with Gasteiger partial charge in [-0.1, -0.05) is 18.2 Å². The van der Waals surface area contributed by atoms with Crippen LogP contribution in [0.3, 0.4) is 0 Å². The number of hydrogen-bond acceptors (Lipinski definition) is 3. The summed E-state index contributed by atoms with van der Waals surface area (Å²) in [6.45, 7) is 0. The highest BCUT2D eigenvalue weighted by Gasteiger charge is 2.28. The molecule has 4 nitrogen and oxygen atoms in total. The van der Waals surface area contributed by atoms with E-state index >= 15 is 0 Å². The Kier molecular flexibility index (Phi) is 1.65. The third-order valence-electron chi connectivity index (χ3n) is 2.59. The maximum absolute atomic E-state index is 11.8. The summed E-state index contributed by atoms with van der Waals surface area (Å²) in [4.78, 5) is 14.5. The summed E-state index contributed by atoms with van der Waals surface area (Å²) in [5, 5.41) is 1.52. The van der Waals surface area contributed by atoms with E-state index in [0.29, 0.717) is 10.9 Å². The summed E-state index contributed by atoms with van der Waals surface area (Å²) in [5.74, 6) is -0.305. The van der Waals surface area contributed by atoms with Crippen LogP contribution in [0.4, 0.5) is 0 Å². The molecule has 0 spiro atoms. The van der Waals surface area contributed by atoms with E-state index in [1.165, 1.54) is 0 Å². The zero-order chi connectivity index (χ0) is 11.3. The minimum Gasteiger partial charge on any atom is -0.351 e. The highest BCUT2D eigenvalue weighted by atomic mass is 32.2. The highest BCUT2D eigenvalue weighted by molar-refractivity contribution is 7.94. The molecule has 1 aromatic carbocycles. The van der Waals surface area contributed by atoms with Gasteiger partial charge in [0.15, 0.2) is 0 Å². The number of allylic oxidation sites excluding steroid dienone is 1. The van der Waals surface area contributed by atoms with E-state index in [9.17, 15) is 13.2 Å². The molecule has 1 aliphatic rings. The molecule has 0 radical (unpaired) electrons. The van der Waals surface area contributed by atoms with Gasteiger partial charge in [0.1, 0.15) is 10.6 Å². The normalized spacial score (nSPS) is 17.6. The maximum atomic E-state index is 11.8. The number of aromatic nitrogens is 1. The van der Waals surface area contributed by atoms with Gasteiger partial charge in [0.25, 0.3) is 0 Å². The maximum Gasteiger partial charge on any atom is 0.204 e. The first-order chi connectivity index (χ1) is 7.59. The van der Waals surface area contributed by atoms with Crippen LogP contribution in [0.15, 0.2) is 40.6 Å². The van der Waals surface area contributed by atoms with Crippen LogP contribution in [0.5, 0.6) is 0 Å². The van der Waals surface area contributed by atoms with Crippen molar-refractivity contribution in [2.24, 2.45) is 0 Å². The lowest BCUT2D eigenvalue weighted by Gasteiger charge is -2.04. The van der Waals surface area contributed by atoms with E-state index in [4.69, 9.17) is 0 Å². The fraction of sp³-hybridized carbons (Fsp3) is 0. The molecule has 0 saturated carbocycles. The summed E-state index contributed by atoms with van der Waals surface area (Å²) >= 11 is 0. The predicted octanol–water partition coefficient (Wildman–Crippen LogP) is 1.65. The standard InChI is InChI=1S/C11H7NO3S/c13-9-5-6-16(14,15)11-7-3-1-2-4-8(7)12-10(9)11/h1-6,12H. The molecule has 0 atom stereocenters. The van der Waals surface area contributed by atoms with Crippen LogP contribution in [0.2, 0.25) is 0 Å². The van der Waals surface area contributed by atoms with Crippen molar-refractivity contribution in [2.45, 2.75) is 4.90 Å². The summed E-state index contributed by atoms with van der Waals surface area (Å²) in [6.07, 6.45) is 1.08. The molecule has 1 aromatic heterocycles. The Morgan fingerprint density at radius 1 is 1.12 bits per heavy atom. The van der Waals surface area contributed by atoms with Gasteiger partial charge in [0.2, 0.25) is 15.6 Å². The van der Waals surface area contributed by atoms with Gasteiger partial charge < -0.3 is 4.98 Å². The van der Waals surface area contributed by atoms with Crippen molar-refractivity contribution in [3.8, 4) is 0 Å². The summed E-state index contributed by atoms with van der Waals surface area (Å²) < 4.78 is 23.7. The van der Waals surface area contributed by atoms with Gasteiger partial charge >= 0.3 is 0 Å². The van der Waals surface area contributed by atoms with Crippen LogP contribution in [0.1, 0.15) is 10.5 Å². The Morgan fingerprint density at radius 2 is 1.88 bits per heavy atom. The van der Waals surface area contributed by atoms with Crippen LogP contribution >= 0.6 is 0 Å². The molecular weight excluding hydrogens is 226 g/mol. The van der Waals surface area contributed by atoms with E-state index in [1.807, 2.05) is 0 Å². The second-order valence-electron chi connectivity index (χ2n) is 3.59. The van der Waals surface area contributed by atoms with Gasteiger partial charge in [-0.05, 0) is 12.1 Å². The number of carbonyl (C=O) groups is 1. The molecule has 2 aromatic rings. The van der Waals surface area contributed by atoms with Crippen LogP contribution < -0.4 is 0 Å². The lowest BCUT2D eigenvalue weighted by molar-refractivity contribution is 0.103. The van der Waals surface area contributed by atoms with Gasteiger partial charge in [0.05, 0.1) is 0 Å². The average molecular weight is 233 g/mol. The summed E-state index contributed by atoms with van der Waals surface area (Å²) in [7, 11) is -3.49. The minimum absolute atomic E-state index is 0.0931. The van der Waals surface area contributed by atoms with Crippen molar-refractivity contribution in [1.29, 1.82) is 0 Å². The number of hydrogen-bond donors (Lipinski definition) is 1. The number of sulfone groups is 1. The fourth-order valence-electron chi connectivity index (χ4n) is 1.89. The molecule has 0 unspecified atom stereocenters. The van der Waals surface area contributed by atoms with Crippen molar-refractivity contribution >= 4 is 26.5 Å². The molecule has 80 valence electrons. The first kappa shape index (κ1) is 9.35. The van der Waals surface area contributed by atoms with Gasteiger partial charge in [-0.2, -0.15) is 0 Å². The van der Waals surface area contributed by atoms with Crippen molar-refractivity contribution in [1.82, 2.24) is 4.98 Å². The number of ketones is 1. The third-order valence-corrected chi connectivity index (χ3v) is 4.08. The average Bonchev–Trinajstić information content (AvgIpc) is 2.65. The number of nitrogens with one attached hydrogen (secondary N) is 1. The zero-order valence-electron chi connectivity index (χ0n) is 8.10. The first-order valence-electron chi connectivity index (χ1n) is 4.68. The number of benzene rings is 1. The van der Waals surface area contributed by atoms with Gasteiger partial charge in [-0.25, -0.2) is 8.42 Å². The zero-order valence-corrected chi connectivity index (χ0v) is 8.91. The van der Waals surface area contributed by atoms with Crippen molar-refractivity contribution in [3.63, 3.8) is 0 Å². The molecule has 1 aliphatic heterocycles. The largest absolute Gasteiger partial charge is 0.351 e. The lowest BCUT2D eigenvalue weighted by atomic mass is 10.2. The van der Waals surface area contributed by atoms with Crippen LogP contribution in [0.25, 0.3) is 10.9 Å². The number of fused-ring (bicyclic) bond motifs is 3. The molecule has 3 rings (SSSR count). The van der Waals surface area contributed by atoms with Gasteiger partial charge in [-0.15, -0.1) is 0 Å². The molecular formula is C11H7NO3S. The van der Waals surface area contributed by atoms with E-state index in [1.54, 1.807) is 24.3 Å². The Hall–Kier alpha value is -1.88. The van der Waals surface area contributed by atoms with Crippen molar-refractivity contribution in [2.75, 3.05) is 0 Å². The molecule has 0 aliphatic carbocycles. The number of aromatic amines is 1. The number of carbonyl (C=O) groups excluding carboxylic acids is 1. The SMILES string of the molecule is O=C1C=CS(=O)(=O)c2c1[nH]c1ccccc21. The molecule has 0 fully saturated rings.